The van der Waals surface area contributed by atoms with Gasteiger partial charge in [0.05, 0.1) is 23.0 Å². The molecule has 4 rings (SSSR count). The number of anilines is 3. The minimum absolute atomic E-state index is 0.0102. The average Bonchev–Trinajstić information content (AvgIpc) is 3.26. The summed E-state index contributed by atoms with van der Waals surface area (Å²) in [6.45, 7) is 16.9. The van der Waals surface area contributed by atoms with E-state index in [2.05, 4.69) is 23.8 Å². The molecule has 4 aromatic carbocycles. The van der Waals surface area contributed by atoms with Crippen LogP contribution >= 0.6 is 0 Å². The first-order valence-electron chi connectivity index (χ1n) is 21.6. The van der Waals surface area contributed by atoms with Gasteiger partial charge in [0, 0.05) is 43.6 Å². The Hall–Kier alpha value is -6.54. The highest BCUT2D eigenvalue weighted by Gasteiger charge is 2.26. The number of esters is 2. The van der Waals surface area contributed by atoms with Crippen molar-refractivity contribution in [2.24, 2.45) is 0 Å². The zero-order chi connectivity index (χ0) is 50.2. The molecule has 0 spiro atoms. The number of benzene rings is 4. The number of hydrogen-bond acceptors (Lipinski definition) is 14. The summed E-state index contributed by atoms with van der Waals surface area (Å²) >= 11 is 0. The number of rotatable bonds is 24. The van der Waals surface area contributed by atoms with E-state index in [1.807, 2.05) is 13.8 Å². The summed E-state index contributed by atoms with van der Waals surface area (Å²) in [6.07, 6.45) is 1.87. The van der Waals surface area contributed by atoms with Crippen LogP contribution in [0.15, 0.2) is 108 Å². The van der Waals surface area contributed by atoms with Crippen molar-refractivity contribution in [3.8, 4) is 0 Å². The molecule has 0 heterocycles. The third-order valence-electron chi connectivity index (χ3n) is 10.3. The molecule has 0 unspecified atom stereocenters. The molecule has 0 fully saturated rings. The molecule has 2 N–H and O–H groups in total. The number of amides is 3. The molecular weight excluding hydrogens is 917 g/mol. The van der Waals surface area contributed by atoms with Gasteiger partial charge in [0.25, 0.3) is 20.2 Å². The topological polar surface area (TPSA) is 213 Å². The third-order valence-corrected chi connectivity index (χ3v) is 13.5. The van der Waals surface area contributed by atoms with E-state index in [4.69, 9.17) is 22.6 Å². The molecule has 0 aliphatic heterocycles. The van der Waals surface area contributed by atoms with Crippen molar-refractivity contribution in [3.05, 3.63) is 137 Å². The number of ether oxygens (including phenoxy) is 3. The van der Waals surface area contributed by atoms with E-state index in [1.54, 1.807) is 105 Å². The van der Waals surface area contributed by atoms with Crippen LogP contribution in [0.2, 0.25) is 0 Å². The van der Waals surface area contributed by atoms with Crippen molar-refractivity contribution in [3.63, 3.8) is 0 Å². The molecule has 0 bridgehead atoms. The Labute approximate surface area is 399 Å². The number of carbonyl (C=O) groups is 4. The second-order valence-corrected chi connectivity index (χ2v) is 19.0. The SMILES string of the molecule is C=CCOC(=O)CC[C@H](NC(=O)Nc1ccc(COC(=O)N(C)c2ccc(N(CCOS(=O)(=O)c3c(C)cc(C)cc3C)CCOS(=O)(=O)c3c(C)cc(C)cc3C)cc2)cc1)C(=O)OCC=C. The number of aryl methyl sites for hydroxylation is 6. The lowest BCUT2D eigenvalue weighted by atomic mass is 10.1. The summed E-state index contributed by atoms with van der Waals surface area (Å²) < 4.78 is 80.0. The lowest BCUT2D eigenvalue weighted by Crippen LogP contribution is -2.44. The Balaban J connectivity index is 1.39. The van der Waals surface area contributed by atoms with Crippen LogP contribution in [0.4, 0.5) is 26.7 Å². The summed E-state index contributed by atoms with van der Waals surface area (Å²) in [5.41, 5.74) is 6.04. The molecule has 0 aliphatic rings. The molecule has 0 radical (unpaired) electrons. The molecule has 1 atom stereocenters. The molecule has 0 saturated carbocycles. The highest BCUT2D eigenvalue weighted by molar-refractivity contribution is 7.87. The first-order valence-corrected chi connectivity index (χ1v) is 24.4. The van der Waals surface area contributed by atoms with Crippen LogP contribution in [-0.4, -0.2) is 93.5 Å². The standard InChI is InChI=1S/C49H60N4O13S2/c1-10-24-62-44(54)21-20-43(47(55)63-25-11-2)51-48(56)50-40-14-12-39(13-15-40)32-64-49(57)52(9)41-16-18-42(19-17-41)53(22-26-65-67(58,59)45-35(5)28-33(3)29-36(45)6)23-27-66-68(60,61)46-37(7)30-34(4)31-38(46)8/h10-19,28-31,43H,1-2,20-27,32H2,3-9H3,(H2,50,51,56)/t43-/m0/s1. The molecule has 366 valence electrons. The Bertz CT molecular complexity index is 2530. The van der Waals surface area contributed by atoms with Gasteiger partial charge in [0.15, 0.2) is 0 Å². The second-order valence-electron chi connectivity index (χ2n) is 15.9. The van der Waals surface area contributed by atoms with Gasteiger partial charge in [-0.25, -0.2) is 14.4 Å². The minimum atomic E-state index is -4.15. The first kappa shape index (κ1) is 54.1. The fraction of sp³-hybridized carbons (Fsp3) is 0.347. The van der Waals surface area contributed by atoms with Gasteiger partial charge >= 0.3 is 24.1 Å². The van der Waals surface area contributed by atoms with Crippen molar-refractivity contribution in [1.29, 1.82) is 0 Å². The smallest absolute Gasteiger partial charge is 0.414 e. The number of nitrogens with zero attached hydrogens (tertiary/aromatic N) is 2. The van der Waals surface area contributed by atoms with E-state index in [1.165, 1.54) is 24.1 Å². The van der Waals surface area contributed by atoms with E-state index < -0.39 is 50.3 Å². The molecule has 17 nitrogen and oxygen atoms in total. The van der Waals surface area contributed by atoms with Crippen LogP contribution in [0, 0.1) is 41.5 Å². The highest BCUT2D eigenvalue weighted by atomic mass is 32.2. The Morgan fingerprint density at radius 3 is 1.62 bits per heavy atom. The van der Waals surface area contributed by atoms with Gasteiger partial charge in [-0.3, -0.25) is 18.1 Å². The largest absolute Gasteiger partial charge is 0.461 e. The fourth-order valence-electron chi connectivity index (χ4n) is 7.35. The second kappa shape index (κ2) is 25.0. The number of hydrogen-bond donors (Lipinski definition) is 2. The van der Waals surface area contributed by atoms with Crippen LogP contribution in [0.25, 0.3) is 0 Å². The van der Waals surface area contributed by atoms with Gasteiger partial charge in [-0.2, -0.15) is 16.8 Å². The van der Waals surface area contributed by atoms with Crippen LogP contribution < -0.4 is 20.4 Å². The average molecular weight is 977 g/mol. The maximum absolute atomic E-state index is 13.4. The molecule has 0 aromatic heterocycles. The molecule has 68 heavy (non-hydrogen) atoms. The van der Waals surface area contributed by atoms with Crippen LogP contribution in [0.3, 0.4) is 0 Å². The maximum atomic E-state index is 13.4. The third kappa shape index (κ3) is 15.8. The van der Waals surface area contributed by atoms with Gasteiger partial charge < -0.3 is 29.7 Å². The first-order chi connectivity index (χ1) is 32.1. The molecule has 0 aliphatic carbocycles. The molecule has 4 aromatic rings. The zero-order valence-corrected chi connectivity index (χ0v) is 41.1. The summed E-state index contributed by atoms with van der Waals surface area (Å²) in [5, 5.41) is 5.12. The monoisotopic (exact) mass is 976 g/mol. The van der Waals surface area contributed by atoms with E-state index in [0.29, 0.717) is 44.9 Å². The normalized spacial score (nSPS) is 11.8. The Kier molecular flexibility index (Phi) is 19.9. The lowest BCUT2D eigenvalue weighted by Gasteiger charge is -2.26. The van der Waals surface area contributed by atoms with Crippen LogP contribution in [0.1, 0.15) is 51.8 Å². The number of nitrogens with one attached hydrogen (secondary N) is 2. The molecule has 3 amide bonds. The van der Waals surface area contributed by atoms with E-state index >= 15 is 0 Å². The summed E-state index contributed by atoms with van der Waals surface area (Å²) in [5.74, 6) is -1.33. The van der Waals surface area contributed by atoms with Crippen molar-refractivity contribution in [2.45, 2.75) is 76.8 Å². The number of carbonyl (C=O) groups excluding carboxylic acids is 4. The zero-order valence-electron chi connectivity index (χ0n) is 39.5. The molecular formula is C49H60N4O13S2. The van der Waals surface area contributed by atoms with Crippen molar-refractivity contribution in [2.75, 3.05) is 61.7 Å². The van der Waals surface area contributed by atoms with Gasteiger partial charge in [0.2, 0.25) is 0 Å². The van der Waals surface area contributed by atoms with E-state index in [9.17, 15) is 36.0 Å². The van der Waals surface area contributed by atoms with Crippen molar-refractivity contribution >= 4 is 61.4 Å². The molecule has 0 saturated heterocycles. The minimum Gasteiger partial charge on any atom is -0.461 e. The summed E-state index contributed by atoms with van der Waals surface area (Å²) in [6, 6.07) is 18.3. The summed E-state index contributed by atoms with van der Waals surface area (Å²) in [7, 11) is -6.77. The van der Waals surface area contributed by atoms with Crippen LogP contribution in [-0.2, 0) is 59.0 Å². The van der Waals surface area contributed by atoms with E-state index in [-0.39, 0.29) is 68.8 Å². The summed E-state index contributed by atoms with van der Waals surface area (Å²) in [4.78, 5) is 53.7. The predicted molar refractivity (Wildman–Crippen MR) is 259 cm³/mol. The van der Waals surface area contributed by atoms with Gasteiger partial charge in [0.1, 0.15) is 25.9 Å². The highest BCUT2D eigenvalue weighted by Crippen LogP contribution is 2.27. The van der Waals surface area contributed by atoms with Gasteiger partial charge in [-0.1, -0.05) is 72.8 Å². The quantitative estimate of drug-likeness (QED) is 0.0299. The van der Waals surface area contributed by atoms with Crippen molar-refractivity contribution in [1.82, 2.24) is 5.32 Å². The van der Waals surface area contributed by atoms with Crippen LogP contribution in [0.5, 0.6) is 0 Å². The fourth-order valence-corrected chi connectivity index (χ4v) is 9.98. The van der Waals surface area contributed by atoms with Crippen molar-refractivity contribution < 1.29 is 58.6 Å². The van der Waals surface area contributed by atoms with Gasteiger partial charge in [-0.05, 0) is 112 Å². The Morgan fingerprint density at radius 1 is 0.662 bits per heavy atom. The Morgan fingerprint density at radius 2 is 1.13 bits per heavy atom. The number of urea groups is 1. The maximum Gasteiger partial charge on any atom is 0.414 e. The predicted octanol–water partition coefficient (Wildman–Crippen LogP) is 7.66. The van der Waals surface area contributed by atoms with Gasteiger partial charge in [-0.15, -0.1) is 0 Å². The molecule has 19 heteroatoms. The lowest BCUT2D eigenvalue weighted by molar-refractivity contribution is -0.146. The van der Waals surface area contributed by atoms with E-state index in [0.717, 1.165) is 11.1 Å².